The Balaban J connectivity index is 1.78. The molecule has 0 heterocycles. The molecule has 0 aromatic heterocycles. The quantitative estimate of drug-likeness (QED) is 0.0928. The van der Waals surface area contributed by atoms with Crippen LogP contribution in [0.15, 0.2) is 36.4 Å². The number of amides is 3. The molecule has 1 aliphatic carbocycles. The van der Waals surface area contributed by atoms with Crippen LogP contribution in [0, 0.1) is 0 Å². The number of nitrogens with two attached hydrogens (primary N) is 1. The predicted molar refractivity (Wildman–Crippen MR) is 178 cm³/mol. The fraction of sp³-hybridized carbons (Fsp3) is 0.559. The van der Waals surface area contributed by atoms with Crippen LogP contribution in [0.25, 0.3) is 11.1 Å². The maximum absolute atomic E-state index is 13.2. The molecular formula is C34H51N5O7. The van der Waals surface area contributed by atoms with Crippen LogP contribution in [-0.4, -0.2) is 81.5 Å². The number of nitrogens with one attached hydrogen (secondary N) is 4. The van der Waals surface area contributed by atoms with Gasteiger partial charge in [-0.1, -0.05) is 39.0 Å². The molecule has 0 saturated carbocycles. The second kappa shape index (κ2) is 18.4. The van der Waals surface area contributed by atoms with Crippen LogP contribution in [0.2, 0.25) is 0 Å². The molecule has 1 aliphatic rings. The van der Waals surface area contributed by atoms with Crippen LogP contribution >= 0.6 is 0 Å². The summed E-state index contributed by atoms with van der Waals surface area (Å²) in [4.78, 5) is 38.2. The first-order chi connectivity index (χ1) is 22.2. The highest BCUT2D eigenvalue weighted by Gasteiger charge is 2.34. The van der Waals surface area contributed by atoms with Crippen molar-refractivity contribution in [3.8, 4) is 11.1 Å². The molecule has 3 amide bonds. The maximum Gasteiger partial charge on any atom is 0.407 e. The molecule has 2 atom stereocenters. The van der Waals surface area contributed by atoms with E-state index >= 15 is 0 Å². The number of methoxy groups -OCH3 is 1. The highest BCUT2D eigenvalue weighted by Crippen LogP contribution is 2.47. The number of aliphatic hydroxyl groups is 1. The van der Waals surface area contributed by atoms with Gasteiger partial charge in [-0.25, -0.2) is 4.79 Å². The van der Waals surface area contributed by atoms with Crippen molar-refractivity contribution in [3.05, 3.63) is 53.1 Å². The van der Waals surface area contributed by atoms with E-state index in [0.717, 1.165) is 41.5 Å². The van der Waals surface area contributed by atoms with Gasteiger partial charge in [0.05, 0.1) is 19.9 Å². The highest BCUT2D eigenvalue weighted by atomic mass is 16.5. The topological polar surface area (TPSA) is 173 Å². The second-order valence-electron chi connectivity index (χ2n) is 11.4. The van der Waals surface area contributed by atoms with Crippen molar-refractivity contribution < 1.29 is 33.7 Å². The maximum atomic E-state index is 13.2. The monoisotopic (exact) mass is 641 g/mol. The fourth-order valence-electron chi connectivity index (χ4n) is 5.81. The van der Waals surface area contributed by atoms with Gasteiger partial charge in [0.25, 0.3) is 5.91 Å². The molecule has 12 nitrogen and oxygen atoms in total. The van der Waals surface area contributed by atoms with Crippen LogP contribution in [0.3, 0.4) is 0 Å². The summed E-state index contributed by atoms with van der Waals surface area (Å²) in [6.07, 6.45) is 2.12. The molecule has 0 aliphatic heterocycles. The first-order valence-electron chi connectivity index (χ1n) is 16.2. The molecule has 12 heteroatoms. The molecular weight excluding hydrogens is 590 g/mol. The van der Waals surface area contributed by atoms with Gasteiger partial charge in [0.15, 0.2) is 0 Å². The van der Waals surface area contributed by atoms with Gasteiger partial charge in [-0.3, -0.25) is 9.59 Å². The van der Waals surface area contributed by atoms with Gasteiger partial charge < -0.3 is 46.3 Å². The number of rotatable bonds is 20. The second-order valence-corrected chi connectivity index (χ2v) is 11.4. The van der Waals surface area contributed by atoms with E-state index in [4.69, 9.17) is 19.9 Å². The van der Waals surface area contributed by atoms with Crippen molar-refractivity contribution in [3.63, 3.8) is 0 Å². The Morgan fingerprint density at radius 2 is 1.74 bits per heavy atom. The highest BCUT2D eigenvalue weighted by molar-refractivity contribution is 6.03. The molecule has 0 spiro atoms. The van der Waals surface area contributed by atoms with E-state index in [2.05, 4.69) is 21.3 Å². The van der Waals surface area contributed by atoms with Gasteiger partial charge >= 0.3 is 6.09 Å². The molecule has 0 fully saturated rings. The van der Waals surface area contributed by atoms with E-state index in [0.29, 0.717) is 50.4 Å². The Kier molecular flexibility index (Phi) is 14.7. The minimum Gasteiger partial charge on any atom is -0.449 e. The van der Waals surface area contributed by atoms with Gasteiger partial charge in [-0.15, -0.1) is 0 Å². The third-order valence-electron chi connectivity index (χ3n) is 8.68. The number of fused-ring (bicyclic) bond motifs is 3. The summed E-state index contributed by atoms with van der Waals surface area (Å²) in [7, 11) is 1.58. The Morgan fingerprint density at radius 3 is 2.43 bits per heavy atom. The van der Waals surface area contributed by atoms with Gasteiger partial charge in [0.1, 0.15) is 12.8 Å². The lowest BCUT2D eigenvalue weighted by Gasteiger charge is -2.31. The zero-order valence-corrected chi connectivity index (χ0v) is 27.6. The van der Waals surface area contributed by atoms with Crippen LogP contribution in [0.4, 0.5) is 10.5 Å². The van der Waals surface area contributed by atoms with Crippen molar-refractivity contribution in [1.29, 1.82) is 0 Å². The molecule has 2 aromatic rings. The lowest BCUT2D eigenvalue weighted by atomic mass is 9.90. The standard InChI is InChI=1S/C34H51N5O7/c1-5-34(6-2,7-3)39-33(43)46-21-28-24-10-8-11-26(32(42)37-16-18-44-4)31(24)25-15-14-23(20-27(25)28)38-30(41)13-9-12-29(40)36-17-19-45-22-35/h8,10-11,14-15,20,28,30,38,41H,5-7,9,12-13,16-19,21-22,35H2,1-4H3,(H,36,40)(H,37,42)(H,39,43). The smallest absolute Gasteiger partial charge is 0.407 e. The number of hydrogen-bond acceptors (Lipinski definition) is 9. The van der Waals surface area contributed by atoms with Crippen molar-refractivity contribution >= 4 is 23.6 Å². The molecule has 7 N–H and O–H groups in total. The predicted octanol–water partition coefficient (Wildman–Crippen LogP) is 3.82. The molecule has 254 valence electrons. The molecule has 0 saturated heterocycles. The molecule has 46 heavy (non-hydrogen) atoms. The average molecular weight is 642 g/mol. The number of ether oxygens (including phenoxy) is 3. The Morgan fingerprint density at radius 1 is 1.00 bits per heavy atom. The summed E-state index contributed by atoms with van der Waals surface area (Å²) in [6.45, 7) is 7.83. The van der Waals surface area contributed by atoms with Gasteiger partial charge in [-0.05, 0) is 72.6 Å². The molecule has 0 bridgehead atoms. The largest absolute Gasteiger partial charge is 0.449 e. The Bertz CT molecular complexity index is 1290. The van der Waals surface area contributed by atoms with Crippen LogP contribution in [-0.2, 0) is 19.0 Å². The van der Waals surface area contributed by atoms with Crippen LogP contribution in [0.5, 0.6) is 0 Å². The van der Waals surface area contributed by atoms with E-state index in [1.807, 2.05) is 51.1 Å². The van der Waals surface area contributed by atoms with Crippen LogP contribution < -0.4 is 27.0 Å². The number of carbonyl (C=O) groups excluding carboxylic acids is 3. The lowest BCUT2D eigenvalue weighted by molar-refractivity contribution is -0.121. The SMILES string of the molecule is CCC(CC)(CC)NC(=O)OCC1c2cc(NC(O)CCCC(=O)NCCOCN)ccc2-c2c(C(=O)NCCOC)cccc21. The summed E-state index contributed by atoms with van der Waals surface area (Å²) < 4.78 is 15.9. The first kappa shape index (κ1) is 36.8. The zero-order chi connectivity index (χ0) is 33.5. The van der Waals surface area contributed by atoms with Crippen molar-refractivity contribution in [1.82, 2.24) is 16.0 Å². The number of aliphatic hydroxyl groups excluding tert-OH is 1. The number of hydrogen-bond donors (Lipinski definition) is 6. The number of benzene rings is 2. The van der Waals surface area contributed by atoms with Crippen molar-refractivity contribution in [2.75, 3.05) is 52.1 Å². The van der Waals surface area contributed by atoms with E-state index in [-0.39, 0.29) is 43.0 Å². The average Bonchev–Trinajstić information content (AvgIpc) is 3.37. The van der Waals surface area contributed by atoms with Gasteiger partial charge in [0.2, 0.25) is 5.91 Å². The Hall–Kier alpha value is -3.71. The molecule has 2 aromatic carbocycles. The summed E-state index contributed by atoms with van der Waals surface area (Å²) >= 11 is 0. The van der Waals surface area contributed by atoms with Gasteiger partial charge in [-0.2, -0.15) is 0 Å². The van der Waals surface area contributed by atoms with E-state index in [1.54, 1.807) is 13.2 Å². The summed E-state index contributed by atoms with van der Waals surface area (Å²) in [6, 6.07) is 11.3. The zero-order valence-electron chi connectivity index (χ0n) is 27.6. The first-order valence-corrected chi connectivity index (χ1v) is 16.2. The third-order valence-corrected chi connectivity index (χ3v) is 8.68. The lowest BCUT2D eigenvalue weighted by Crippen LogP contribution is -2.47. The fourth-order valence-corrected chi connectivity index (χ4v) is 5.81. The molecule has 0 radical (unpaired) electrons. The minimum atomic E-state index is -0.886. The summed E-state index contributed by atoms with van der Waals surface area (Å²) in [5.74, 6) is -0.662. The van der Waals surface area contributed by atoms with E-state index in [9.17, 15) is 19.5 Å². The van der Waals surface area contributed by atoms with Crippen LogP contribution in [0.1, 0.15) is 86.7 Å². The third kappa shape index (κ3) is 9.89. The summed E-state index contributed by atoms with van der Waals surface area (Å²) in [5.41, 5.74) is 9.56. The number of carbonyl (C=O) groups is 3. The normalized spacial score (nSPS) is 14.2. The minimum absolute atomic E-state index is 0.0746. The van der Waals surface area contributed by atoms with E-state index < -0.39 is 12.3 Å². The van der Waals surface area contributed by atoms with Gasteiger partial charge in [0, 0.05) is 49.3 Å². The van der Waals surface area contributed by atoms with E-state index in [1.165, 1.54) is 0 Å². The van der Waals surface area contributed by atoms with Crippen molar-refractivity contribution in [2.24, 2.45) is 5.73 Å². The number of anilines is 1. The van der Waals surface area contributed by atoms with Crippen molar-refractivity contribution in [2.45, 2.75) is 77.0 Å². The summed E-state index contributed by atoms with van der Waals surface area (Å²) in [5, 5.41) is 22.6. The Labute approximate surface area is 272 Å². The molecule has 2 unspecified atom stereocenters. The molecule has 3 rings (SSSR count). The number of alkyl carbamates (subject to hydrolysis) is 1.